The summed E-state index contributed by atoms with van der Waals surface area (Å²) in [7, 11) is -3.30. The van der Waals surface area contributed by atoms with Gasteiger partial charge in [0.25, 0.3) is 0 Å². The molecule has 2 saturated heterocycles. The minimum absolute atomic E-state index is 0.0554. The molecule has 1 amide bonds. The molecule has 2 fully saturated rings. The minimum atomic E-state index is -3.30. The number of aromatic nitrogens is 2. The number of sulfone groups is 1. The molecule has 0 N–H and O–H groups in total. The molecule has 8 nitrogen and oxygen atoms in total. The number of benzene rings is 1. The Morgan fingerprint density at radius 1 is 0.882 bits per heavy atom. The van der Waals surface area contributed by atoms with E-state index in [2.05, 4.69) is 33.0 Å². The summed E-state index contributed by atoms with van der Waals surface area (Å²) in [6.45, 7) is 10.4. The molecule has 1 aromatic carbocycles. The van der Waals surface area contributed by atoms with E-state index in [1.165, 1.54) is 12.8 Å². The first-order chi connectivity index (χ1) is 16.2. The van der Waals surface area contributed by atoms with Gasteiger partial charge in [0.05, 0.1) is 16.6 Å². The highest BCUT2D eigenvalue weighted by Crippen LogP contribution is 2.23. The second-order valence-corrected chi connectivity index (χ2v) is 12.2. The average Bonchev–Trinajstić information content (AvgIpc) is 2.85. The van der Waals surface area contributed by atoms with Gasteiger partial charge in [0.1, 0.15) is 0 Å². The Morgan fingerprint density at radius 2 is 1.41 bits per heavy atom. The fourth-order valence-electron chi connectivity index (χ4n) is 4.43. The highest BCUT2D eigenvalue weighted by molar-refractivity contribution is 7.92. The van der Waals surface area contributed by atoms with Crippen LogP contribution in [0.25, 0.3) is 0 Å². The first-order valence-corrected chi connectivity index (χ1v) is 13.7. The van der Waals surface area contributed by atoms with Crippen molar-refractivity contribution in [2.75, 3.05) is 49.1 Å². The van der Waals surface area contributed by atoms with Crippen LogP contribution in [0, 0.1) is 5.92 Å². The van der Waals surface area contributed by atoms with Crippen molar-refractivity contribution in [3.05, 3.63) is 42.0 Å². The third-order valence-corrected chi connectivity index (χ3v) is 9.10. The lowest BCUT2D eigenvalue weighted by molar-refractivity contribution is -0.130. The van der Waals surface area contributed by atoms with Gasteiger partial charge in [-0.3, -0.25) is 4.79 Å². The summed E-state index contributed by atoms with van der Waals surface area (Å²) in [5.74, 6) is 2.63. The highest BCUT2D eigenvalue weighted by Gasteiger charge is 2.24. The van der Waals surface area contributed by atoms with Crippen molar-refractivity contribution < 1.29 is 13.2 Å². The van der Waals surface area contributed by atoms with E-state index >= 15 is 0 Å². The normalized spacial score (nSPS) is 17.9. The van der Waals surface area contributed by atoms with Gasteiger partial charge in [-0.05, 0) is 62.4 Å². The molecule has 184 valence electrons. The van der Waals surface area contributed by atoms with Crippen LogP contribution in [0.2, 0.25) is 0 Å². The van der Waals surface area contributed by atoms with E-state index in [1.807, 2.05) is 11.0 Å². The maximum Gasteiger partial charge on any atom is 0.227 e. The maximum absolute atomic E-state index is 12.8. The summed E-state index contributed by atoms with van der Waals surface area (Å²) in [6, 6.07) is 10.8. The van der Waals surface area contributed by atoms with Crippen LogP contribution in [-0.2, 0) is 21.1 Å². The zero-order valence-corrected chi connectivity index (χ0v) is 21.2. The molecule has 0 saturated carbocycles. The van der Waals surface area contributed by atoms with E-state index in [4.69, 9.17) is 0 Å². The van der Waals surface area contributed by atoms with Crippen LogP contribution in [0.5, 0.6) is 0 Å². The van der Waals surface area contributed by atoms with E-state index in [0.29, 0.717) is 31.1 Å². The molecule has 0 atom stereocenters. The van der Waals surface area contributed by atoms with Crippen LogP contribution in [-0.4, -0.2) is 73.9 Å². The van der Waals surface area contributed by atoms with Gasteiger partial charge in [-0.25, -0.2) is 8.42 Å². The Balaban J connectivity index is 1.28. The van der Waals surface area contributed by atoms with Gasteiger partial charge in [-0.15, -0.1) is 10.2 Å². The number of amides is 1. The second kappa shape index (κ2) is 10.3. The lowest BCUT2D eigenvalue weighted by Crippen LogP contribution is -2.49. The monoisotopic (exact) mass is 485 g/mol. The number of nitrogens with zero attached hydrogens (tertiary/aromatic N) is 5. The van der Waals surface area contributed by atoms with Crippen LogP contribution in [0.15, 0.2) is 41.3 Å². The number of hydrogen-bond acceptors (Lipinski definition) is 7. The largest absolute Gasteiger partial charge is 0.355 e. The lowest BCUT2D eigenvalue weighted by atomic mass is 9.99. The molecule has 9 heteroatoms. The molecule has 3 heterocycles. The van der Waals surface area contributed by atoms with Crippen molar-refractivity contribution in [1.29, 1.82) is 0 Å². The number of hydrogen-bond donors (Lipinski definition) is 0. The molecule has 4 rings (SSSR count). The van der Waals surface area contributed by atoms with Crippen LogP contribution in [0.3, 0.4) is 0 Å². The summed E-state index contributed by atoms with van der Waals surface area (Å²) in [6.07, 6.45) is 2.66. The fourth-order valence-corrected chi connectivity index (χ4v) is 5.49. The summed E-state index contributed by atoms with van der Waals surface area (Å²) in [5.41, 5.74) is 0.823. The quantitative estimate of drug-likeness (QED) is 0.622. The fraction of sp³-hybridized carbons (Fsp3) is 0.560. The number of piperidine rings is 1. The maximum atomic E-state index is 12.8. The minimum Gasteiger partial charge on any atom is -0.355 e. The van der Waals surface area contributed by atoms with Crippen molar-refractivity contribution in [2.24, 2.45) is 5.92 Å². The molecule has 0 radical (unpaired) electrons. The molecule has 0 aliphatic carbocycles. The van der Waals surface area contributed by atoms with Gasteiger partial charge >= 0.3 is 0 Å². The van der Waals surface area contributed by atoms with E-state index in [9.17, 15) is 13.2 Å². The molecule has 1 aromatic heterocycles. The lowest BCUT2D eigenvalue weighted by Gasteiger charge is -2.35. The molecule has 34 heavy (non-hydrogen) atoms. The predicted molar refractivity (Wildman–Crippen MR) is 134 cm³/mol. The predicted octanol–water partition coefficient (Wildman–Crippen LogP) is 2.79. The topological polar surface area (TPSA) is 86.7 Å². The summed E-state index contributed by atoms with van der Waals surface area (Å²) >= 11 is 0. The van der Waals surface area contributed by atoms with Crippen LogP contribution in [0.4, 0.5) is 11.6 Å². The zero-order chi connectivity index (χ0) is 24.3. The van der Waals surface area contributed by atoms with Gasteiger partial charge in [0.2, 0.25) is 5.91 Å². The van der Waals surface area contributed by atoms with Gasteiger partial charge in [-0.2, -0.15) is 0 Å². The molecule has 2 aliphatic heterocycles. The second-order valence-electron chi connectivity index (χ2n) is 9.70. The molecular formula is C25H35N5O3S. The Kier molecular flexibility index (Phi) is 7.40. The smallest absolute Gasteiger partial charge is 0.227 e. The molecule has 0 spiro atoms. The Bertz CT molecular complexity index is 1070. The molecule has 2 aromatic rings. The Labute approximate surface area is 202 Å². The van der Waals surface area contributed by atoms with E-state index in [1.54, 1.807) is 38.1 Å². The highest BCUT2D eigenvalue weighted by atomic mass is 32.2. The number of carbonyl (C=O) groups is 1. The van der Waals surface area contributed by atoms with Crippen molar-refractivity contribution >= 4 is 27.4 Å². The van der Waals surface area contributed by atoms with E-state index < -0.39 is 15.1 Å². The number of piperazine rings is 1. The SMILES string of the molecule is CC1CCN(c2ccc(N3CCN(C(=O)Cc4ccc(S(=O)(=O)C(C)C)cc4)CC3)nn2)CC1. The summed E-state index contributed by atoms with van der Waals surface area (Å²) in [5, 5.41) is 8.45. The Hall–Kier alpha value is -2.68. The van der Waals surface area contributed by atoms with Crippen molar-refractivity contribution in [1.82, 2.24) is 15.1 Å². The van der Waals surface area contributed by atoms with Gasteiger partial charge in [0.15, 0.2) is 21.5 Å². The van der Waals surface area contributed by atoms with Crippen LogP contribution >= 0.6 is 0 Å². The number of rotatable bonds is 6. The molecular weight excluding hydrogens is 450 g/mol. The van der Waals surface area contributed by atoms with Crippen molar-refractivity contribution in [3.63, 3.8) is 0 Å². The third kappa shape index (κ3) is 5.51. The average molecular weight is 486 g/mol. The molecule has 0 bridgehead atoms. The number of carbonyl (C=O) groups excluding carboxylic acids is 1. The van der Waals surface area contributed by atoms with Crippen molar-refractivity contribution in [3.8, 4) is 0 Å². The Morgan fingerprint density at radius 3 is 1.91 bits per heavy atom. The standard InChI is InChI=1S/C25H35N5O3S/c1-19(2)34(32,33)22-6-4-21(5-7-22)18-25(31)30-16-14-29(15-17-30)24-9-8-23(26-27-24)28-12-10-20(3)11-13-28/h4-9,19-20H,10-18H2,1-3H3. The van der Waals surface area contributed by atoms with Gasteiger partial charge in [-0.1, -0.05) is 19.1 Å². The van der Waals surface area contributed by atoms with Crippen molar-refractivity contribution in [2.45, 2.75) is 50.2 Å². The van der Waals surface area contributed by atoms with Gasteiger partial charge in [0, 0.05) is 39.3 Å². The van der Waals surface area contributed by atoms with Crippen LogP contribution < -0.4 is 9.80 Å². The van der Waals surface area contributed by atoms with Crippen LogP contribution in [0.1, 0.15) is 39.2 Å². The van der Waals surface area contributed by atoms with Gasteiger partial charge < -0.3 is 14.7 Å². The van der Waals surface area contributed by atoms with E-state index in [-0.39, 0.29) is 12.3 Å². The number of anilines is 2. The first-order valence-electron chi connectivity index (χ1n) is 12.2. The zero-order valence-electron chi connectivity index (χ0n) is 20.4. The first kappa shape index (κ1) is 24.4. The summed E-state index contributed by atoms with van der Waals surface area (Å²) in [4.78, 5) is 19.4. The summed E-state index contributed by atoms with van der Waals surface area (Å²) < 4.78 is 24.6. The van der Waals surface area contributed by atoms with E-state index in [0.717, 1.165) is 36.2 Å². The molecule has 2 aliphatic rings. The molecule has 0 unspecified atom stereocenters. The third-order valence-electron chi connectivity index (χ3n) is 6.93.